The normalized spacial score (nSPS) is 34.5. The predicted molar refractivity (Wildman–Crippen MR) is 343 cm³/mol. The molecule has 5 saturated heterocycles. The van der Waals surface area contributed by atoms with Gasteiger partial charge in [-0.2, -0.15) is 0 Å². The maximum atomic E-state index is 14.3. The summed E-state index contributed by atoms with van der Waals surface area (Å²) in [5.41, 5.74) is 14.7. The summed E-state index contributed by atoms with van der Waals surface area (Å²) in [5, 5.41) is 171. The second-order valence-corrected chi connectivity index (χ2v) is 26.4. The van der Waals surface area contributed by atoms with E-state index in [1.54, 1.807) is 0 Å². The van der Waals surface area contributed by atoms with Gasteiger partial charge in [0.2, 0.25) is 59.1 Å². The van der Waals surface area contributed by atoms with Crippen LogP contribution in [0.1, 0.15) is 47.0 Å². The Morgan fingerprint density at radius 2 is 0.893 bits per heavy atom. The van der Waals surface area contributed by atoms with E-state index < -0.39 is 293 Å². The lowest BCUT2D eigenvalue weighted by atomic mass is 9.94. The Labute approximate surface area is 594 Å². The molecule has 5 aliphatic heterocycles. The summed E-state index contributed by atoms with van der Waals surface area (Å²) in [5.74, 6) is -10.8. The Morgan fingerprint density at radius 3 is 1.32 bits per heavy atom. The number of primary amides is 1. The van der Waals surface area contributed by atoms with Crippen molar-refractivity contribution in [3.63, 3.8) is 0 Å². The quantitative estimate of drug-likeness (QED) is 0.0119. The second-order valence-electron chi connectivity index (χ2n) is 24.3. The Bertz CT molecular complexity index is 2890. The molecule has 0 spiro atoms. The average molecular weight is 1520 g/mol. The first kappa shape index (κ1) is 87.5. The summed E-state index contributed by atoms with van der Waals surface area (Å²) < 4.78 is 44.8. The predicted octanol–water partition coefficient (Wildman–Crippen LogP) is -14.3. The minimum Gasteiger partial charge on any atom is -0.394 e. The molecule has 0 aliphatic carbocycles. The molecule has 47 heteroatoms. The fourth-order valence-corrected chi connectivity index (χ4v) is 13.1. The third-order valence-corrected chi connectivity index (χ3v) is 18.6. The number of nitrogens with two attached hydrogens (primary N) is 1. The van der Waals surface area contributed by atoms with Crippen LogP contribution in [0.2, 0.25) is 0 Å². The summed E-state index contributed by atoms with van der Waals surface area (Å²) >= 11 is 1.43. The zero-order valence-corrected chi connectivity index (χ0v) is 57.5. The van der Waals surface area contributed by atoms with Crippen molar-refractivity contribution in [2.45, 2.75) is 218 Å². The molecule has 0 aromatic rings. The number of hydrogen-bond acceptors (Lipinski definition) is 35. The summed E-state index contributed by atoms with van der Waals surface area (Å²) in [6.45, 7) is -0.980. The number of nitrogens with zero attached hydrogens (tertiary/aromatic N) is 3. The number of nitrogens with one attached hydrogen (secondary N) is 9. The van der Waals surface area contributed by atoms with Crippen LogP contribution >= 0.6 is 23.5 Å². The van der Waals surface area contributed by atoms with E-state index in [9.17, 15) is 119 Å². The molecule has 28 atom stereocenters. The Balaban J connectivity index is 1.26. The van der Waals surface area contributed by atoms with Gasteiger partial charge in [0.1, 0.15) is 141 Å². The summed E-state index contributed by atoms with van der Waals surface area (Å²) in [6, 6.07) is -9.25. The van der Waals surface area contributed by atoms with E-state index >= 15 is 0 Å². The Morgan fingerprint density at radius 1 is 0.476 bits per heavy atom. The fraction of sp³-hybridized carbons (Fsp3) is 0.821. The molecule has 0 radical (unpaired) electrons. The minimum atomic E-state index is -1.96. The number of rotatable bonds is 37. The highest BCUT2D eigenvalue weighted by Gasteiger charge is 2.54. The third kappa shape index (κ3) is 25.0. The van der Waals surface area contributed by atoms with Crippen molar-refractivity contribution in [2.24, 2.45) is 10.8 Å². The molecule has 0 aromatic heterocycles. The van der Waals surface area contributed by atoms with Crippen LogP contribution in [-0.4, -0.2) is 371 Å². The molecule has 5 rings (SSSR count). The van der Waals surface area contributed by atoms with Gasteiger partial charge in [-0.25, -0.2) is 0 Å². The molecule has 5 heterocycles. The monoisotopic (exact) mass is 1520 g/mol. The van der Waals surface area contributed by atoms with E-state index in [0.717, 1.165) is 39.5 Å². The SMILES string of the molecule is CC(=O)NC1[C@H](N=[N+]=[N-])OC(CO)[C@H](OCC(=O)NCCCC[C@H](NC(=O)[C@H](CSCC(=O)N[C@@H]2OC(CO)[C@H](O[C@@H]3OC(CO)[C@H](O)[C@H](O)C3O)[C@H](O)C2NC(C)=O)NC(C)=O)C(=O)N[C@@H](CSCC(=O)N[C@@H]2OC(CO)[C@H](O[C@@H]3OC(CO)[C@H](O)[C@H](O)C3O)[C@H](O)C2NC(C)=O)C(N)=O)[C@@H]1O. The molecule has 10 unspecified atom stereocenters. The van der Waals surface area contributed by atoms with Crippen LogP contribution < -0.4 is 53.6 Å². The molecule has 10 amide bonds. The zero-order valence-electron chi connectivity index (χ0n) is 55.9. The maximum Gasteiger partial charge on any atom is 0.246 e. The first-order valence-electron chi connectivity index (χ1n) is 32.1. The zero-order chi connectivity index (χ0) is 76.7. The lowest BCUT2D eigenvalue weighted by Gasteiger charge is -2.47. The number of thioether (sulfide) groups is 2. The maximum absolute atomic E-state index is 14.3. The third-order valence-electron chi connectivity index (χ3n) is 16.5. The van der Waals surface area contributed by atoms with E-state index in [1.165, 1.54) is 0 Å². The van der Waals surface area contributed by atoms with E-state index in [1.807, 2.05) is 0 Å². The van der Waals surface area contributed by atoms with E-state index in [2.05, 4.69) is 57.9 Å². The number of unbranched alkanes of at least 4 members (excludes halogenated alkanes) is 1. The van der Waals surface area contributed by atoms with Gasteiger partial charge in [0.05, 0.1) is 50.6 Å². The highest BCUT2D eigenvalue weighted by molar-refractivity contribution is 8.00. The molecule has 0 saturated carbocycles. The lowest BCUT2D eigenvalue weighted by molar-refractivity contribution is -0.336. The van der Waals surface area contributed by atoms with Gasteiger partial charge in [-0.3, -0.25) is 47.9 Å². The van der Waals surface area contributed by atoms with Gasteiger partial charge in [-0.05, 0) is 24.8 Å². The van der Waals surface area contributed by atoms with Crippen LogP contribution in [0, 0.1) is 0 Å². The van der Waals surface area contributed by atoms with Crippen LogP contribution in [0.3, 0.4) is 0 Å². The van der Waals surface area contributed by atoms with Crippen molar-refractivity contribution in [3.8, 4) is 0 Å². The standard InChI is InChI=1S/C56H93N13O32S2/c1-19(75)60-25(16-103-18-33(81)67-53-35(62-21(3)77)41(86)48(30(13-74)96-53)101-56-45(90)43(88)38(83)27(10-71)99-56)51(93)64-23(7-5-6-8-59-31(79)14-94-46-28(11-72)97-54(68-69-58)36(39(46)84)63-22(4)78)50(92)65-24(49(57)91)15-102-17-32(80)66-52-34(61-20(2)76)40(85)47(29(12-73)95-52)100-55-44(89)42(87)37(82)26(9-70)98-55/h23-30,34-48,52-56,70-74,82-90H,5-18H2,1-4H3,(H2,57,91)(H,59,79)(H,60,75)(H,61,76)(H,62,77)(H,63,78)(H,64,93)(H,65,92)(H,66,80)(H,67,81)/t23-,24-,25-,26?,27?,28?,29?,30?,34?,35?,36?,37-,38-,39+,40+,41+,42-,43-,44?,45?,46-,47-,48-,52+,53+,54+,55-,56-/m0/s1. The largest absolute Gasteiger partial charge is 0.394 e. The van der Waals surface area contributed by atoms with Crippen molar-refractivity contribution in [1.82, 2.24) is 47.9 Å². The van der Waals surface area contributed by atoms with Gasteiger partial charge in [0, 0.05) is 50.7 Å². The molecule has 0 bridgehead atoms. The first-order chi connectivity index (χ1) is 48.7. The van der Waals surface area contributed by atoms with Crippen LogP contribution in [0.15, 0.2) is 5.11 Å². The van der Waals surface area contributed by atoms with Gasteiger partial charge in [0.25, 0.3) is 0 Å². The number of ether oxygens (including phenoxy) is 8. The number of amides is 10. The number of aliphatic hydroxyl groups excluding tert-OH is 14. The molecular formula is C56H93N13O32S2. The van der Waals surface area contributed by atoms with Gasteiger partial charge in [-0.15, -0.1) is 23.5 Å². The highest BCUT2D eigenvalue weighted by atomic mass is 32.2. The summed E-state index contributed by atoms with van der Waals surface area (Å²) in [4.78, 5) is 133. The molecule has 5 fully saturated rings. The molecule has 103 heavy (non-hydrogen) atoms. The van der Waals surface area contributed by atoms with E-state index in [0.29, 0.717) is 11.8 Å². The molecule has 586 valence electrons. The number of hydrogen-bond donors (Lipinski definition) is 24. The Hall–Kier alpha value is -6.17. The molecule has 0 aromatic carbocycles. The topological polar surface area (TPSA) is 711 Å². The van der Waals surface area contributed by atoms with E-state index in [-0.39, 0.29) is 25.8 Å². The minimum absolute atomic E-state index is 0.0132. The lowest BCUT2D eigenvalue weighted by Crippen LogP contribution is -2.70. The van der Waals surface area contributed by atoms with Crippen LogP contribution in [-0.2, 0) is 85.8 Å². The van der Waals surface area contributed by atoms with Gasteiger partial charge < -0.3 is 163 Å². The molecule has 25 N–H and O–H groups in total. The van der Waals surface area contributed by atoms with Crippen LogP contribution in [0.25, 0.3) is 10.4 Å². The number of azide groups is 1. The smallest absolute Gasteiger partial charge is 0.246 e. The van der Waals surface area contributed by atoms with Crippen molar-refractivity contribution in [3.05, 3.63) is 10.4 Å². The Kier molecular flexibility index (Phi) is 35.9. The van der Waals surface area contributed by atoms with Crippen LogP contribution in [0.4, 0.5) is 0 Å². The average Bonchev–Trinajstić information content (AvgIpc) is 0.792. The van der Waals surface area contributed by atoms with Crippen LogP contribution in [0.5, 0.6) is 0 Å². The molecule has 5 aliphatic rings. The van der Waals surface area contributed by atoms with Crippen molar-refractivity contribution in [1.29, 1.82) is 0 Å². The number of carbonyl (C=O) groups excluding carboxylic acids is 10. The molecule has 45 nitrogen and oxygen atoms in total. The van der Waals surface area contributed by atoms with Gasteiger partial charge in [0.15, 0.2) is 31.3 Å². The second kappa shape index (κ2) is 42.2. The summed E-state index contributed by atoms with van der Waals surface area (Å²) in [7, 11) is 0. The fourth-order valence-electron chi connectivity index (χ4n) is 11.4. The van der Waals surface area contributed by atoms with Crippen molar-refractivity contribution < 1.29 is 157 Å². The van der Waals surface area contributed by atoms with Crippen molar-refractivity contribution >= 4 is 82.6 Å². The number of aliphatic hydroxyl groups is 14. The van der Waals surface area contributed by atoms with Crippen molar-refractivity contribution in [2.75, 3.05) is 69.2 Å². The van der Waals surface area contributed by atoms with Gasteiger partial charge >= 0.3 is 0 Å². The number of carbonyl (C=O) groups is 10. The van der Waals surface area contributed by atoms with E-state index in [4.69, 9.17) is 49.2 Å². The summed E-state index contributed by atoms with van der Waals surface area (Å²) in [6.07, 6.45) is -37.5. The highest BCUT2D eigenvalue weighted by Crippen LogP contribution is 2.32. The van der Waals surface area contributed by atoms with Gasteiger partial charge in [-0.1, -0.05) is 5.11 Å². The first-order valence-corrected chi connectivity index (χ1v) is 34.5. The molecular weight excluding hydrogens is 1430 g/mol.